The van der Waals surface area contributed by atoms with Gasteiger partial charge in [0.05, 0.1) is 43.3 Å². The van der Waals surface area contributed by atoms with Crippen molar-refractivity contribution in [3.8, 4) is 40.1 Å². The summed E-state index contributed by atoms with van der Waals surface area (Å²) in [6.07, 6.45) is 0.245. The summed E-state index contributed by atoms with van der Waals surface area (Å²) in [5.41, 5.74) is 4.47. The fourth-order valence-electron chi connectivity index (χ4n) is 3.36. The zero-order chi connectivity index (χ0) is 19.5. The molecule has 4 aromatic rings. The zero-order valence-corrected chi connectivity index (χ0v) is 16.5. The third-order valence-corrected chi connectivity index (χ3v) is 5.36. The molecule has 0 saturated heterocycles. The first kappa shape index (κ1) is 18.1. The lowest BCUT2D eigenvalue weighted by molar-refractivity contribution is 0.341. The van der Waals surface area contributed by atoms with Crippen LogP contribution in [0.2, 0.25) is 0 Å². The van der Waals surface area contributed by atoms with Crippen LogP contribution in [0.5, 0.6) is 11.5 Å². The number of methoxy groups -OCH3 is 1. The molecule has 28 heavy (non-hydrogen) atoms. The predicted molar refractivity (Wildman–Crippen MR) is 111 cm³/mol. The van der Waals surface area contributed by atoms with E-state index in [0.29, 0.717) is 6.61 Å². The van der Waals surface area contributed by atoms with Crippen LogP contribution in [0.25, 0.3) is 27.5 Å². The number of hydrogen-bond acceptors (Lipinski definition) is 5. The van der Waals surface area contributed by atoms with E-state index in [0.717, 1.165) is 44.7 Å². The molecule has 0 radical (unpaired) electrons. The number of nitrogens with zero attached hydrogens (tertiary/aromatic N) is 3. The van der Waals surface area contributed by atoms with Gasteiger partial charge in [-0.05, 0) is 31.2 Å². The highest BCUT2D eigenvalue weighted by Crippen LogP contribution is 2.38. The third kappa shape index (κ3) is 3.00. The third-order valence-electron chi connectivity index (χ3n) is 4.53. The fraction of sp³-hybridized carbons (Fsp3) is 0.182. The van der Waals surface area contributed by atoms with Gasteiger partial charge in [0.15, 0.2) is 4.96 Å². The first-order valence-corrected chi connectivity index (χ1v) is 9.87. The topological polar surface area (TPSA) is 59.5 Å². The highest BCUT2D eigenvalue weighted by atomic mass is 32.1. The summed E-state index contributed by atoms with van der Waals surface area (Å²) >= 11 is 1.55. The molecule has 0 spiro atoms. The van der Waals surface area contributed by atoms with Crippen molar-refractivity contribution in [3.63, 3.8) is 0 Å². The number of benzene rings is 2. The SMILES string of the molecule is CCOc1ccccc1-c1csc2nc(-c3ccccc3OC)c(CC#N)n12. The molecule has 0 amide bonds. The minimum absolute atomic E-state index is 0.245. The molecule has 0 unspecified atom stereocenters. The highest BCUT2D eigenvalue weighted by Gasteiger charge is 2.21. The average Bonchev–Trinajstić information content (AvgIpc) is 3.29. The normalized spacial score (nSPS) is 10.8. The van der Waals surface area contributed by atoms with Gasteiger partial charge >= 0.3 is 0 Å². The van der Waals surface area contributed by atoms with Gasteiger partial charge in [0, 0.05) is 16.5 Å². The monoisotopic (exact) mass is 389 g/mol. The van der Waals surface area contributed by atoms with Crippen LogP contribution in [0.15, 0.2) is 53.9 Å². The maximum atomic E-state index is 9.49. The van der Waals surface area contributed by atoms with E-state index in [-0.39, 0.29) is 6.42 Å². The van der Waals surface area contributed by atoms with E-state index in [2.05, 4.69) is 15.8 Å². The van der Waals surface area contributed by atoms with Crippen LogP contribution in [0, 0.1) is 11.3 Å². The van der Waals surface area contributed by atoms with Gasteiger partial charge in [0.1, 0.15) is 11.5 Å². The molecular weight excluding hydrogens is 370 g/mol. The van der Waals surface area contributed by atoms with Crippen LogP contribution in [-0.4, -0.2) is 23.1 Å². The minimum Gasteiger partial charge on any atom is -0.496 e. The number of para-hydroxylation sites is 2. The molecule has 0 bridgehead atoms. The zero-order valence-electron chi connectivity index (χ0n) is 15.7. The Morgan fingerprint density at radius 2 is 1.79 bits per heavy atom. The molecule has 0 N–H and O–H groups in total. The van der Waals surface area contributed by atoms with Gasteiger partial charge in [-0.15, -0.1) is 11.3 Å². The van der Waals surface area contributed by atoms with E-state index in [4.69, 9.17) is 14.5 Å². The van der Waals surface area contributed by atoms with Gasteiger partial charge in [-0.2, -0.15) is 5.26 Å². The molecule has 6 heteroatoms. The molecule has 5 nitrogen and oxygen atoms in total. The molecule has 0 atom stereocenters. The van der Waals surface area contributed by atoms with Gasteiger partial charge in [-0.1, -0.05) is 24.3 Å². The van der Waals surface area contributed by atoms with E-state index in [9.17, 15) is 5.26 Å². The van der Waals surface area contributed by atoms with Crippen molar-refractivity contribution in [3.05, 3.63) is 59.6 Å². The summed E-state index contributed by atoms with van der Waals surface area (Å²) in [6, 6.07) is 18.0. The Kier molecular flexibility index (Phi) is 5.00. The number of fused-ring (bicyclic) bond motifs is 1. The van der Waals surface area contributed by atoms with Crippen LogP contribution in [0.3, 0.4) is 0 Å². The van der Waals surface area contributed by atoms with Crippen LogP contribution in [-0.2, 0) is 6.42 Å². The van der Waals surface area contributed by atoms with Crippen molar-refractivity contribution < 1.29 is 9.47 Å². The largest absolute Gasteiger partial charge is 0.496 e. The maximum Gasteiger partial charge on any atom is 0.195 e. The van der Waals surface area contributed by atoms with Crippen molar-refractivity contribution in [2.24, 2.45) is 0 Å². The number of aromatic nitrogens is 2. The molecule has 2 aromatic heterocycles. The molecule has 0 saturated carbocycles. The van der Waals surface area contributed by atoms with Gasteiger partial charge in [-0.3, -0.25) is 4.40 Å². The molecule has 0 aliphatic rings. The predicted octanol–water partition coefficient (Wildman–Crippen LogP) is 5.20. The maximum absolute atomic E-state index is 9.49. The summed E-state index contributed by atoms with van der Waals surface area (Å²) in [4.78, 5) is 5.68. The van der Waals surface area contributed by atoms with E-state index in [1.54, 1.807) is 18.4 Å². The minimum atomic E-state index is 0.245. The van der Waals surface area contributed by atoms with Crippen LogP contribution >= 0.6 is 11.3 Å². The lowest BCUT2D eigenvalue weighted by atomic mass is 10.1. The average molecular weight is 389 g/mol. The Balaban J connectivity index is 1.98. The van der Waals surface area contributed by atoms with Gasteiger partial charge in [-0.25, -0.2) is 4.98 Å². The molecule has 2 aromatic carbocycles. The Morgan fingerprint density at radius 1 is 1.07 bits per heavy atom. The number of imidazole rings is 1. The summed E-state index contributed by atoms with van der Waals surface area (Å²) in [7, 11) is 1.64. The molecular formula is C22H19N3O2S. The van der Waals surface area contributed by atoms with Crippen LogP contribution in [0.4, 0.5) is 0 Å². The number of ether oxygens (including phenoxy) is 2. The lowest BCUT2D eigenvalue weighted by Gasteiger charge is -2.11. The number of hydrogen-bond donors (Lipinski definition) is 0. The second-order valence-electron chi connectivity index (χ2n) is 6.11. The quantitative estimate of drug-likeness (QED) is 0.455. The summed E-state index contributed by atoms with van der Waals surface area (Å²) < 4.78 is 13.4. The fourth-order valence-corrected chi connectivity index (χ4v) is 4.26. The van der Waals surface area contributed by atoms with Crippen molar-refractivity contribution in [1.82, 2.24) is 9.38 Å². The Hall–Kier alpha value is -3.30. The van der Waals surface area contributed by atoms with Crippen molar-refractivity contribution in [2.75, 3.05) is 13.7 Å². The molecule has 140 valence electrons. The van der Waals surface area contributed by atoms with Gasteiger partial charge in [0.25, 0.3) is 0 Å². The lowest BCUT2D eigenvalue weighted by Crippen LogP contribution is -1.98. The standard InChI is InChI=1S/C22H19N3O2S/c1-3-27-20-11-7-4-8-15(20)18-14-28-22-24-21(17(12-13-23)25(18)22)16-9-5-6-10-19(16)26-2/h4-11,14H,3,12H2,1-2H3. The molecule has 0 aliphatic heterocycles. The smallest absolute Gasteiger partial charge is 0.195 e. The van der Waals surface area contributed by atoms with Crippen LogP contribution in [0.1, 0.15) is 12.6 Å². The van der Waals surface area contributed by atoms with E-state index < -0.39 is 0 Å². The van der Waals surface area contributed by atoms with Crippen molar-refractivity contribution in [2.45, 2.75) is 13.3 Å². The second-order valence-corrected chi connectivity index (χ2v) is 6.95. The molecule has 4 rings (SSSR count). The van der Waals surface area contributed by atoms with E-state index in [1.807, 2.05) is 55.5 Å². The number of thiazole rings is 1. The summed E-state index contributed by atoms with van der Waals surface area (Å²) in [5, 5.41) is 11.6. The van der Waals surface area contributed by atoms with Crippen molar-refractivity contribution >= 4 is 16.3 Å². The van der Waals surface area contributed by atoms with Crippen LogP contribution < -0.4 is 9.47 Å². The Labute approximate surface area is 167 Å². The number of rotatable bonds is 6. The molecule has 0 fully saturated rings. The second kappa shape index (κ2) is 7.75. The Bertz CT molecular complexity index is 1170. The molecule has 0 aliphatic carbocycles. The van der Waals surface area contributed by atoms with Gasteiger partial charge < -0.3 is 9.47 Å². The van der Waals surface area contributed by atoms with E-state index in [1.165, 1.54) is 0 Å². The van der Waals surface area contributed by atoms with E-state index >= 15 is 0 Å². The van der Waals surface area contributed by atoms with Gasteiger partial charge in [0.2, 0.25) is 0 Å². The first-order chi connectivity index (χ1) is 13.8. The summed E-state index contributed by atoms with van der Waals surface area (Å²) in [5.74, 6) is 1.56. The Morgan fingerprint density at radius 3 is 2.50 bits per heavy atom. The highest BCUT2D eigenvalue weighted by molar-refractivity contribution is 7.15. The van der Waals surface area contributed by atoms with Crippen molar-refractivity contribution in [1.29, 1.82) is 5.26 Å². The summed E-state index contributed by atoms with van der Waals surface area (Å²) in [6.45, 7) is 2.56. The first-order valence-electron chi connectivity index (χ1n) is 8.99. The molecule has 2 heterocycles. The number of nitriles is 1.